The molecule has 5 fully saturated rings. The van der Waals surface area contributed by atoms with Crippen LogP contribution in [0, 0.1) is 28.6 Å². The Balaban J connectivity index is 1.43. The maximum Gasteiger partial charge on any atom is 0.226 e. The van der Waals surface area contributed by atoms with E-state index in [4.69, 9.17) is 18.9 Å². The molecule has 0 aromatic rings. The topological polar surface area (TPSA) is 54.0 Å². The number of carbonyl (C=O) groups is 1. The average molecular weight is 386 g/mol. The standard InChI is InChI=1S/C23H30O5/c1-20-9-4-3-5-15(20)6-7-16-17-8-10-22(21(17,2)11-18(24)19(16)20)23(28-14-26-22)12-25-13-27-23/h4-5,9,16-17,19H,3,6-8,10-14H2,1-2H3/t16-,17-,19+,20-,21-,22+,23?/m0/s1. The molecule has 0 radical (unpaired) electrons. The Bertz CT molecular complexity index is 774. The molecule has 5 nitrogen and oxygen atoms in total. The lowest BCUT2D eigenvalue weighted by Gasteiger charge is -2.58. The Morgan fingerprint density at radius 2 is 1.96 bits per heavy atom. The summed E-state index contributed by atoms with van der Waals surface area (Å²) in [4.78, 5) is 13.8. The van der Waals surface area contributed by atoms with Crippen molar-refractivity contribution in [1.82, 2.24) is 0 Å². The normalized spacial score (nSPS) is 54.7. The molecule has 6 aliphatic rings. The van der Waals surface area contributed by atoms with Crippen LogP contribution in [0.15, 0.2) is 23.8 Å². The van der Waals surface area contributed by atoms with Gasteiger partial charge in [0.1, 0.15) is 18.0 Å². The van der Waals surface area contributed by atoms with E-state index < -0.39 is 11.4 Å². The smallest absolute Gasteiger partial charge is 0.226 e. The van der Waals surface area contributed by atoms with E-state index in [1.54, 1.807) is 0 Å². The first-order chi connectivity index (χ1) is 13.5. The lowest BCUT2D eigenvalue weighted by atomic mass is 9.46. The first-order valence-electron chi connectivity index (χ1n) is 10.9. The number of hydrogen-bond donors (Lipinski definition) is 0. The highest BCUT2D eigenvalue weighted by molar-refractivity contribution is 5.85. The van der Waals surface area contributed by atoms with E-state index in [1.807, 2.05) is 0 Å². The summed E-state index contributed by atoms with van der Waals surface area (Å²) in [6.07, 6.45) is 12.6. The number of ketones is 1. The molecule has 0 amide bonds. The second-order valence-electron chi connectivity index (χ2n) is 10.1. The number of fused-ring (bicyclic) bond motifs is 7. The zero-order chi connectivity index (χ0) is 19.2. The molecule has 3 saturated carbocycles. The summed E-state index contributed by atoms with van der Waals surface area (Å²) in [5.74, 6) is 0.495. The molecule has 0 bridgehead atoms. The van der Waals surface area contributed by atoms with Gasteiger partial charge < -0.3 is 18.9 Å². The molecule has 28 heavy (non-hydrogen) atoms. The Hall–Kier alpha value is -1.01. The fourth-order valence-corrected chi connectivity index (χ4v) is 8.15. The molecule has 152 valence electrons. The van der Waals surface area contributed by atoms with Crippen LogP contribution in [0.3, 0.4) is 0 Å². The van der Waals surface area contributed by atoms with Crippen molar-refractivity contribution in [3.05, 3.63) is 23.8 Å². The van der Waals surface area contributed by atoms with E-state index in [-0.39, 0.29) is 30.3 Å². The van der Waals surface area contributed by atoms with Crippen LogP contribution in [0.25, 0.3) is 0 Å². The maximum absolute atomic E-state index is 13.8. The molecule has 0 aromatic heterocycles. The van der Waals surface area contributed by atoms with E-state index >= 15 is 0 Å². The van der Waals surface area contributed by atoms with Gasteiger partial charge in [0, 0.05) is 23.2 Å². The Morgan fingerprint density at radius 1 is 1.11 bits per heavy atom. The Morgan fingerprint density at radius 3 is 2.79 bits per heavy atom. The van der Waals surface area contributed by atoms with Crippen molar-refractivity contribution in [2.75, 3.05) is 20.2 Å². The molecule has 2 spiro atoms. The third-order valence-electron chi connectivity index (χ3n) is 9.31. The summed E-state index contributed by atoms with van der Waals surface area (Å²) in [6.45, 7) is 5.41. The Labute approximate surface area is 166 Å². The molecular formula is C23H30O5. The molecule has 0 N–H and O–H groups in total. The van der Waals surface area contributed by atoms with Crippen LogP contribution >= 0.6 is 0 Å². The van der Waals surface area contributed by atoms with Gasteiger partial charge >= 0.3 is 0 Å². The predicted octanol–water partition coefficient (Wildman–Crippen LogP) is 3.74. The van der Waals surface area contributed by atoms with Crippen LogP contribution in [-0.2, 0) is 23.7 Å². The zero-order valence-electron chi connectivity index (χ0n) is 16.9. The second kappa shape index (κ2) is 5.57. The minimum Gasteiger partial charge on any atom is -0.350 e. The van der Waals surface area contributed by atoms with Crippen LogP contribution in [0.1, 0.15) is 52.4 Å². The van der Waals surface area contributed by atoms with Gasteiger partial charge in [-0.2, -0.15) is 0 Å². The average Bonchev–Trinajstić information content (AvgIpc) is 3.36. The van der Waals surface area contributed by atoms with Crippen LogP contribution < -0.4 is 0 Å². The first-order valence-corrected chi connectivity index (χ1v) is 10.9. The minimum atomic E-state index is -0.849. The van der Waals surface area contributed by atoms with Gasteiger partial charge in [-0.1, -0.05) is 37.6 Å². The van der Waals surface area contributed by atoms with Gasteiger partial charge in [-0.15, -0.1) is 0 Å². The molecule has 7 atom stereocenters. The number of rotatable bonds is 0. The monoisotopic (exact) mass is 386 g/mol. The van der Waals surface area contributed by atoms with Gasteiger partial charge in [-0.3, -0.25) is 4.79 Å². The lowest BCUT2D eigenvalue weighted by molar-refractivity contribution is -0.245. The van der Waals surface area contributed by atoms with Crippen LogP contribution in [-0.4, -0.2) is 37.4 Å². The van der Waals surface area contributed by atoms with Gasteiger partial charge in [0.05, 0.1) is 0 Å². The largest absolute Gasteiger partial charge is 0.350 e. The van der Waals surface area contributed by atoms with Crippen molar-refractivity contribution in [3.8, 4) is 0 Å². The number of hydrogen-bond acceptors (Lipinski definition) is 5. The summed E-state index contributed by atoms with van der Waals surface area (Å²) in [5.41, 5.74) is 0.519. The quantitative estimate of drug-likeness (QED) is 0.594. The van der Waals surface area contributed by atoms with Crippen LogP contribution in [0.2, 0.25) is 0 Å². The Kier molecular flexibility index (Phi) is 3.54. The fraction of sp³-hybridized carbons (Fsp3) is 0.783. The summed E-state index contributed by atoms with van der Waals surface area (Å²) in [7, 11) is 0. The SMILES string of the molecule is C[C@]12C=CCC=C1CC[C@@H]1[C@@H]2C(=O)C[C@@]2(C)[C@H]1CC[C@@]21OCOC12COCO2. The summed E-state index contributed by atoms with van der Waals surface area (Å²) in [5, 5.41) is 0. The first kappa shape index (κ1) is 17.8. The number of allylic oxidation sites excluding steroid dienone is 4. The van der Waals surface area contributed by atoms with Crippen LogP contribution in [0.4, 0.5) is 0 Å². The summed E-state index contributed by atoms with van der Waals surface area (Å²) in [6, 6.07) is 0. The van der Waals surface area contributed by atoms with Crippen molar-refractivity contribution in [2.24, 2.45) is 28.6 Å². The van der Waals surface area contributed by atoms with Gasteiger partial charge in [-0.05, 0) is 43.9 Å². The van der Waals surface area contributed by atoms with Gasteiger partial charge in [0.25, 0.3) is 0 Å². The molecular weight excluding hydrogens is 356 g/mol. The number of carbonyl (C=O) groups excluding carboxylic acids is 1. The van der Waals surface area contributed by atoms with Crippen molar-refractivity contribution in [1.29, 1.82) is 0 Å². The molecule has 6 rings (SSSR count). The van der Waals surface area contributed by atoms with Crippen molar-refractivity contribution >= 4 is 5.78 Å². The molecule has 1 unspecified atom stereocenters. The van der Waals surface area contributed by atoms with Gasteiger partial charge in [-0.25, -0.2) is 0 Å². The van der Waals surface area contributed by atoms with E-state index in [2.05, 4.69) is 32.1 Å². The van der Waals surface area contributed by atoms with Crippen molar-refractivity contribution in [2.45, 2.75) is 63.8 Å². The third kappa shape index (κ3) is 1.86. The highest BCUT2D eigenvalue weighted by atomic mass is 16.9. The molecule has 2 heterocycles. The highest BCUT2D eigenvalue weighted by Crippen LogP contribution is 2.70. The fourth-order valence-electron chi connectivity index (χ4n) is 8.15. The molecule has 2 aliphatic heterocycles. The molecule has 5 heteroatoms. The maximum atomic E-state index is 13.8. The second-order valence-corrected chi connectivity index (χ2v) is 10.1. The van der Waals surface area contributed by atoms with Gasteiger partial charge in [0.2, 0.25) is 5.79 Å². The molecule has 0 aromatic carbocycles. The van der Waals surface area contributed by atoms with Crippen molar-refractivity contribution in [3.63, 3.8) is 0 Å². The third-order valence-corrected chi connectivity index (χ3v) is 9.31. The molecule has 4 aliphatic carbocycles. The number of Topliss-reactive ketones (excluding diaryl/α,β-unsaturated/α-hetero) is 1. The van der Waals surface area contributed by atoms with Crippen LogP contribution in [0.5, 0.6) is 0 Å². The minimum absolute atomic E-state index is 0.0938. The molecule has 2 saturated heterocycles. The summed E-state index contributed by atoms with van der Waals surface area (Å²) >= 11 is 0. The van der Waals surface area contributed by atoms with E-state index in [0.717, 1.165) is 32.1 Å². The zero-order valence-corrected chi connectivity index (χ0v) is 16.9. The van der Waals surface area contributed by atoms with Gasteiger partial charge in [0.15, 0.2) is 13.6 Å². The lowest BCUT2D eigenvalue weighted by Crippen LogP contribution is -2.65. The van der Waals surface area contributed by atoms with E-state index in [1.165, 1.54) is 5.57 Å². The summed E-state index contributed by atoms with van der Waals surface area (Å²) < 4.78 is 24.0. The van der Waals surface area contributed by atoms with E-state index in [9.17, 15) is 4.79 Å². The highest BCUT2D eigenvalue weighted by Gasteiger charge is 2.76. The predicted molar refractivity (Wildman–Crippen MR) is 101 cm³/mol. The number of ether oxygens (including phenoxy) is 4. The van der Waals surface area contributed by atoms with E-state index in [0.29, 0.717) is 30.6 Å². The van der Waals surface area contributed by atoms with Crippen molar-refractivity contribution < 1.29 is 23.7 Å².